The largest absolute Gasteiger partial charge is 0.468 e. The molecule has 120 valence electrons. The van der Waals surface area contributed by atoms with Crippen molar-refractivity contribution < 1.29 is 14.3 Å². The average Bonchev–Trinajstić information content (AvgIpc) is 2.59. The fourth-order valence-electron chi connectivity index (χ4n) is 2.51. The Morgan fingerprint density at radius 3 is 2.09 bits per heavy atom. The first-order valence-corrected chi connectivity index (χ1v) is 7.79. The predicted octanol–water partition coefficient (Wildman–Crippen LogP) is 4.02. The van der Waals surface area contributed by atoms with Crippen molar-refractivity contribution in [3.8, 4) is 0 Å². The van der Waals surface area contributed by atoms with Crippen LogP contribution in [0.5, 0.6) is 0 Å². The molecule has 2 aromatic rings. The van der Waals surface area contributed by atoms with Crippen molar-refractivity contribution >= 4 is 11.8 Å². The SMILES string of the molecule is COC(=O)C(Cc1ccccc1)C(=O)c1ccc(C(C)C)cc1. The van der Waals surface area contributed by atoms with Gasteiger partial charge < -0.3 is 4.74 Å². The maximum atomic E-state index is 12.7. The lowest BCUT2D eigenvalue weighted by Gasteiger charge is -2.14. The summed E-state index contributed by atoms with van der Waals surface area (Å²) in [7, 11) is 1.31. The standard InChI is InChI=1S/C20H22O3/c1-14(2)16-9-11-17(12-10-16)19(21)18(20(22)23-3)13-15-7-5-4-6-8-15/h4-12,14,18H,13H2,1-3H3. The highest BCUT2D eigenvalue weighted by atomic mass is 16.5. The average molecular weight is 310 g/mol. The highest BCUT2D eigenvalue weighted by Crippen LogP contribution is 2.19. The third-order valence-electron chi connectivity index (χ3n) is 3.95. The van der Waals surface area contributed by atoms with E-state index in [1.54, 1.807) is 12.1 Å². The molecule has 0 radical (unpaired) electrons. The Balaban J connectivity index is 2.24. The molecule has 1 atom stereocenters. The van der Waals surface area contributed by atoms with Crippen molar-refractivity contribution in [3.05, 3.63) is 71.3 Å². The van der Waals surface area contributed by atoms with Crippen molar-refractivity contribution in [3.63, 3.8) is 0 Å². The van der Waals surface area contributed by atoms with Crippen LogP contribution in [0.25, 0.3) is 0 Å². The van der Waals surface area contributed by atoms with Gasteiger partial charge in [0.15, 0.2) is 5.78 Å². The number of methoxy groups -OCH3 is 1. The van der Waals surface area contributed by atoms with E-state index in [2.05, 4.69) is 13.8 Å². The van der Waals surface area contributed by atoms with Crippen LogP contribution in [0.15, 0.2) is 54.6 Å². The second-order valence-electron chi connectivity index (χ2n) is 5.91. The molecule has 0 aliphatic rings. The topological polar surface area (TPSA) is 43.4 Å². The summed E-state index contributed by atoms with van der Waals surface area (Å²) in [6, 6.07) is 17.0. The van der Waals surface area contributed by atoms with E-state index >= 15 is 0 Å². The van der Waals surface area contributed by atoms with Gasteiger partial charge in [0, 0.05) is 5.56 Å². The van der Waals surface area contributed by atoms with Gasteiger partial charge in [0.25, 0.3) is 0 Å². The molecule has 2 aromatic carbocycles. The van der Waals surface area contributed by atoms with Gasteiger partial charge in [-0.15, -0.1) is 0 Å². The molecule has 0 heterocycles. The second kappa shape index (κ2) is 7.73. The highest BCUT2D eigenvalue weighted by Gasteiger charge is 2.28. The van der Waals surface area contributed by atoms with E-state index < -0.39 is 11.9 Å². The van der Waals surface area contributed by atoms with Crippen LogP contribution in [0.3, 0.4) is 0 Å². The number of Topliss-reactive ketones (excluding diaryl/α,β-unsaturated/α-hetero) is 1. The smallest absolute Gasteiger partial charge is 0.316 e. The summed E-state index contributed by atoms with van der Waals surface area (Å²) in [4.78, 5) is 24.8. The normalized spacial score (nSPS) is 12.0. The quantitative estimate of drug-likeness (QED) is 0.460. The third kappa shape index (κ3) is 4.28. The van der Waals surface area contributed by atoms with E-state index in [0.717, 1.165) is 5.56 Å². The molecule has 0 saturated carbocycles. The molecule has 0 saturated heterocycles. The summed E-state index contributed by atoms with van der Waals surface area (Å²) in [5.41, 5.74) is 2.65. The third-order valence-corrected chi connectivity index (χ3v) is 3.95. The van der Waals surface area contributed by atoms with E-state index in [1.807, 2.05) is 42.5 Å². The number of ketones is 1. The Morgan fingerprint density at radius 1 is 0.957 bits per heavy atom. The number of hydrogen-bond donors (Lipinski definition) is 0. The summed E-state index contributed by atoms with van der Waals surface area (Å²) in [5.74, 6) is -1.10. The minimum Gasteiger partial charge on any atom is -0.468 e. The van der Waals surface area contributed by atoms with Crippen LogP contribution >= 0.6 is 0 Å². The number of carbonyl (C=O) groups excluding carboxylic acids is 2. The van der Waals surface area contributed by atoms with Crippen molar-refractivity contribution in [1.29, 1.82) is 0 Å². The number of benzene rings is 2. The molecule has 0 bridgehead atoms. The molecule has 1 unspecified atom stereocenters. The van der Waals surface area contributed by atoms with Gasteiger partial charge in [-0.3, -0.25) is 9.59 Å². The van der Waals surface area contributed by atoms with Crippen LogP contribution in [0.4, 0.5) is 0 Å². The van der Waals surface area contributed by atoms with Crippen LogP contribution in [0.2, 0.25) is 0 Å². The number of carbonyl (C=O) groups is 2. The molecule has 0 aliphatic carbocycles. The lowest BCUT2D eigenvalue weighted by Crippen LogP contribution is -2.27. The van der Waals surface area contributed by atoms with E-state index in [-0.39, 0.29) is 5.78 Å². The van der Waals surface area contributed by atoms with Gasteiger partial charge in [0.05, 0.1) is 7.11 Å². The maximum Gasteiger partial charge on any atom is 0.316 e. The molecular weight excluding hydrogens is 288 g/mol. The molecule has 0 aliphatic heterocycles. The van der Waals surface area contributed by atoms with Crippen LogP contribution in [0, 0.1) is 5.92 Å². The Bertz CT molecular complexity index is 657. The van der Waals surface area contributed by atoms with Crippen molar-refractivity contribution in [2.75, 3.05) is 7.11 Å². The first-order valence-electron chi connectivity index (χ1n) is 7.79. The number of rotatable bonds is 6. The van der Waals surface area contributed by atoms with Gasteiger partial charge in [0.1, 0.15) is 5.92 Å². The van der Waals surface area contributed by atoms with E-state index in [1.165, 1.54) is 12.7 Å². The summed E-state index contributed by atoms with van der Waals surface area (Å²) in [6.45, 7) is 4.20. The highest BCUT2D eigenvalue weighted by molar-refractivity contribution is 6.08. The molecule has 0 spiro atoms. The summed E-state index contributed by atoms with van der Waals surface area (Å²) < 4.78 is 4.83. The monoisotopic (exact) mass is 310 g/mol. The van der Waals surface area contributed by atoms with Crippen molar-refractivity contribution in [2.45, 2.75) is 26.2 Å². The van der Waals surface area contributed by atoms with Gasteiger partial charge in [-0.25, -0.2) is 0 Å². The van der Waals surface area contributed by atoms with Crippen molar-refractivity contribution in [2.24, 2.45) is 5.92 Å². The lowest BCUT2D eigenvalue weighted by molar-refractivity contribution is -0.143. The molecule has 3 nitrogen and oxygen atoms in total. The van der Waals surface area contributed by atoms with Crippen LogP contribution in [-0.4, -0.2) is 18.9 Å². The predicted molar refractivity (Wildman–Crippen MR) is 90.5 cm³/mol. The summed E-state index contributed by atoms with van der Waals surface area (Å²) in [5, 5.41) is 0. The molecular formula is C20H22O3. The second-order valence-corrected chi connectivity index (χ2v) is 5.91. The lowest BCUT2D eigenvalue weighted by atomic mass is 9.90. The number of esters is 1. The minimum absolute atomic E-state index is 0.198. The number of ether oxygens (including phenoxy) is 1. The van der Waals surface area contributed by atoms with E-state index in [0.29, 0.717) is 17.9 Å². The molecule has 0 fully saturated rings. The Labute approximate surface area is 137 Å². The van der Waals surface area contributed by atoms with Gasteiger partial charge in [-0.1, -0.05) is 68.4 Å². The zero-order valence-corrected chi connectivity index (χ0v) is 13.8. The van der Waals surface area contributed by atoms with Gasteiger partial charge in [0.2, 0.25) is 0 Å². The zero-order valence-electron chi connectivity index (χ0n) is 13.8. The first-order chi connectivity index (χ1) is 11.0. The van der Waals surface area contributed by atoms with E-state index in [9.17, 15) is 9.59 Å². The van der Waals surface area contributed by atoms with E-state index in [4.69, 9.17) is 4.74 Å². The fraction of sp³-hybridized carbons (Fsp3) is 0.300. The molecule has 2 rings (SSSR count). The zero-order chi connectivity index (χ0) is 16.8. The molecule has 0 N–H and O–H groups in total. The Hall–Kier alpha value is -2.42. The van der Waals surface area contributed by atoms with Crippen LogP contribution in [0.1, 0.15) is 41.3 Å². The molecule has 3 heteroatoms. The molecule has 0 aromatic heterocycles. The first kappa shape index (κ1) is 16.9. The molecule has 0 amide bonds. The summed E-state index contributed by atoms with van der Waals surface area (Å²) >= 11 is 0. The van der Waals surface area contributed by atoms with Gasteiger partial charge in [-0.05, 0) is 23.5 Å². The number of hydrogen-bond acceptors (Lipinski definition) is 3. The van der Waals surface area contributed by atoms with Crippen LogP contribution < -0.4 is 0 Å². The van der Waals surface area contributed by atoms with Crippen LogP contribution in [-0.2, 0) is 16.0 Å². The Morgan fingerprint density at radius 2 is 1.57 bits per heavy atom. The molecule has 23 heavy (non-hydrogen) atoms. The minimum atomic E-state index is -0.813. The maximum absolute atomic E-state index is 12.7. The van der Waals surface area contributed by atoms with Gasteiger partial charge in [-0.2, -0.15) is 0 Å². The fourth-order valence-corrected chi connectivity index (χ4v) is 2.51. The Kier molecular flexibility index (Phi) is 5.69. The van der Waals surface area contributed by atoms with Gasteiger partial charge >= 0.3 is 5.97 Å². The summed E-state index contributed by atoms with van der Waals surface area (Å²) in [6.07, 6.45) is 0.346. The van der Waals surface area contributed by atoms with Crippen molar-refractivity contribution in [1.82, 2.24) is 0 Å².